The molecule has 1 aromatic heterocycles. The minimum absolute atomic E-state index is 0.106. The molecule has 0 aliphatic carbocycles. The van der Waals surface area contributed by atoms with E-state index in [2.05, 4.69) is 4.98 Å². The van der Waals surface area contributed by atoms with E-state index in [0.717, 1.165) is 27.6 Å². The van der Waals surface area contributed by atoms with Crippen molar-refractivity contribution >= 4 is 28.5 Å². The Hall–Kier alpha value is -4.12. The number of para-hydroxylation sites is 1. The molecule has 0 bridgehead atoms. The van der Waals surface area contributed by atoms with Crippen LogP contribution in [0.4, 0.5) is 4.79 Å². The number of aromatic nitrogens is 1. The summed E-state index contributed by atoms with van der Waals surface area (Å²) in [6.45, 7) is 0.145. The van der Waals surface area contributed by atoms with Crippen molar-refractivity contribution in [2.75, 3.05) is 0 Å². The number of rotatable bonds is 5. The van der Waals surface area contributed by atoms with Crippen molar-refractivity contribution in [2.24, 2.45) is 0 Å². The SMILES string of the molecule is O=C1C=C(c2ccccc2)N(C(=O)OCc2ccccc2)C1Cc1c[nH]c2ccccc12. The number of carbonyl (C=O) groups excluding carboxylic acids is 2. The molecule has 1 N–H and O–H groups in total. The number of aromatic amines is 1. The van der Waals surface area contributed by atoms with Crippen molar-refractivity contribution in [3.05, 3.63) is 114 Å². The zero-order valence-corrected chi connectivity index (χ0v) is 17.4. The minimum atomic E-state index is -0.660. The van der Waals surface area contributed by atoms with E-state index in [9.17, 15) is 9.59 Å². The Morgan fingerprint density at radius 3 is 2.38 bits per heavy atom. The second-order valence-corrected chi connectivity index (χ2v) is 7.79. The molecule has 0 fully saturated rings. The molecule has 1 aliphatic heterocycles. The van der Waals surface area contributed by atoms with Crippen LogP contribution in [0.25, 0.3) is 16.6 Å². The Kier molecular flexibility index (Phi) is 5.30. The molecular weight excluding hydrogens is 400 g/mol. The number of ether oxygens (including phenoxy) is 1. The van der Waals surface area contributed by atoms with Crippen LogP contribution in [-0.2, 0) is 22.6 Å². The molecule has 1 unspecified atom stereocenters. The van der Waals surface area contributed by atoms with E-state index >= 15 is 0 Å². The molecule has 5 rings (SSSR count). The Balaban J connectivity index is 1.45. The highest BCUT2D eigenvalue weighted by molar-refractivity contribution is 6.09. The normalized spacial score (nSPS) is 15.8. The summed E-state index contributed by atoms with van der Waals surface area (Å²) >= 11 is 0. The Bertz CT molecular complexity index is 1290. The molecule has 1 amide bonds. The highest BCUT2D eigenvalue weighted by atomic mass is 16.6. The van der Waals surface area contributed by atoms with Gasteiger partial charge in [0.15, 0.2) is 5.78 Å². The molecule has 2 heterocycles. The van der Waals surface area contributed by atoms with Crippen molar-refractivity contribution in [3.63, 3.8) is 0 Å². The molecule has 4 aromatic rings. The molecular formula is C27H22N2O3. The molecule has 5 nitrogen and oxygen atoms in total. The lowest BCUT2D eigenvalue weighted by Gasteiger charge is -2.26. The molecule has 158 valence electrons. The molecule has 0 radical (unpaired) electrons. The number of carbonyl (C=O) groups is 2. The lowest BCUT2D eigenvalue weighted by molar-refractivity contribution is -0.117. The van der Waals surface area contributed by atoms with Gasteiger partial charge in [-0.2, -0.15) is 0 Å². The van der Waals surface area contributed by atoms with Gasteiger partial charge in [-0.05, 0) is 22.8 Å². The van der Waals surface area contributed by atoms with Crippen LogP contribution < -0.4 is 0 Å². The fourth-order valence-corrected chi connectivity index (χ4v) is 4.14. The van der Waals surface area contributed by atoms with Crippen molar-refractivity contribution in [1.29, 1.82) is 0 Å². The highest BCUT2D eigenvalue weighted by Crippen LogP contribution is 2.32. The maximum atomic E-state index is 13.3. The smallest absolute Gasteiger partial charge is 0.415 e. The third-order valence-corrected chi connectivity index (χ3v) is 5.74. The first-order valence-electron chi connectivity index (χ1n) is 10.6. The van der Waals surface area contributed by atoms with Crippen molar-refractivity contribution in [3.8, 4) is 0 Å². The van der Waals surface area contributed by atoms with Crippen LogP contribution in [0, 0.1) is 0 Å². The Morgan fingerprint density at radius 1 is 0.906 bits per heavy atom. The van der Waals surface area contributed by atoms with Gasteiger partial charge >= 0.3 is 6.09 Å². The standard InChI is InChI=1S/C27H22N2O3/c30-26-16-24(20-11-5-2-6-12-20)29(27(31)32-18-19-9-3-1-4-10-19)25(26)15-21-17-28-23-14-8-7-13-22(21)23/h1-14,16-17,25,28H,15,18H2. The average Bonchev–Trinajstić information content (AvgIpc) is 3.40. The highest BCUT2D eigenvalue weighted by Gasteiger charge is 2.39. The third kappa shape index (κ3) is 3.81. The van der Waals surface area contributed by atoms with Crippen LogP contribution in [0.2, 0.25) is 0 Å². The molecule has 5 heteroatoms. The van der Waals surface area contributed by atoms with Gasteiger partial charge < -0.3 is 9.72 Å². The van der Waals surface area contributed by atoms with Crippen LogP contribution in [0.1, 0.15) is 16.7 Å². The number of H-pyrrole nitrogens is 1. The summed E-state index contributed by atoms with van der Waals surface area (Å²) in [5, 5.41) is 1.05. The lowest BCUT2D eigenvalue weighted by atomic mass is 10.0. The zero-order valence-electron chi connectivity index (χ0n) is 17.4. The van der Waals surface area contributed by atoms with E-state index in [1.54, 1.807) is 6.08 Å². The Morgan fingerprint density at radius 2 is 1.59 bits per heavy atom. The van der Waals surface area contributed by atoms with Crippen molar-refractivity contribution in [2.45, 2.75) is 19.1 Å². The van der Waals surface area contributed by atoms with Gasteiger partial charge in [-0.15, -0.1) is 0 Å². The average molecular weight is 422 g/mol. The lowest BCUT2D eigenvalue weighted by Crippen LogP contribution is -2.40. The van der Waals surface area contributed by atoms with E-state index in [1.165, 1.54) is 4.90 Å². The largest absolute Gasteiger partial charge is 0.444 e. The van der Waals surface area contributed by atoms with Gasteiger partial charge in [0.1, 0.15) is 12.6 Å². The third-order valence-electron chi connectivity index (χ3n) is 5.74. The molecule has 0 spiro atoms. The number of ketones is 1. The van der Waals surface area contributed by atoms with Gasteiger partial charge in [-0.1, -0.05) is 78.9 Å². The van der Waals surface area contributed by atoms with E-state index < -0.39 is 12.1 Å². The summed E-state index contributed by atoms with van der Waals surface area (Å²) in [5.41, 5.74) is 4.26. The van der Waals surface area contributed by atoms with Crippen molar-refractivity contribution < 1.29 is 14.3 Å². The fourth-order valence-electron chi connectivity index (χ4n) is 4.14. The summed E-state index contributed by atoms with van der Waals surface area (Å²) in [6, 6.07) is 26.3. The summed E-state index contributed by atoms with van der Waals surface area (Å²) in [5.74, 6) is -0.106. The molecule has 32 heavy (non-hydrogen) atoms. The maximum absolute atomic E-state index is 13.3. The summed E-state index contributed by atoms with van der Waals surface area (Å²) in [6.07, 6.45) is 3.33. The number of fused-ring (bicyclic) bond motifs is 1. The second-order valence-electron chi connectivity index (χ2n) is 7.79. The van der Waals surface area contributed by atoms with Crippen LogP contribution in [-0.4, -0.2) is 27.8 Å². The predicted molar refractivity (Wildman–Crippen MR) is 124 cm³/mol. The quantitative estimate of drug-likeness (QED) is 0.472. The number of hydrogen-bond acceptors (Lipinski definition) is 3. The fraction of sp³-hybridized carbons (Fsp3) is 0.111. The summed E-state index contributed by atoms with van der Waals surface area (Å²) < 4.78 is 5.64. The van der Waals surface area contributed by atoms with E-state index in [4.69, 9.17) is 4.74 Å². The van der Waals surface area contributed by atoms with Crippen LogP contribution in [0.5, 0.6) is 0 Å². The first kappa shape index (κ1) is 19.8. The molecule has 0 saturated heterocycles. The number of benzene rings is 3. The van der Waals surface area contributed by atoms with Gasteiger partial charge in [-0.3, -0.25) is 9.69 Å². The minimum Gasteiger partial charge on any atom is -0.444 e. The van der Waals surface area contributed by atoms with Crippen LogP contribution in [0.15, 0.2) is 97.2 Å². The molecule has 1 atom stereocenters. The van der Waals surface area contributed by atoms with Gasteiger partial charge in [0.25, 0.3) is 0 Å². The Labute approximate surface area is 185 Å². The zero-order chi connectivity index (χ0) is 21.9. The van der Waals surface area contributed by atoms with Crippen LogP contribution >= 0.6 is 0 Å². The first-order chi connectivity index (χ1) is 15.7. The van der Waals surface area contributed by atoms with Crippen LogP contribution in [0.3, 0.4) is 0 Å². The van der Waals surface area contributed by atoms with E-state index in [-0.39, 0.29) is 12.4 Å². The maximum Gasteiger partial charge on any atom is 0.415 e. The van der Waals surface area contributed by atoms with Gasteiger partial charge in [0.2, 0.25) is 0 Å². The molecule has 1 aliphatic rings. The monoisotopic (exact) mass is 422 g/mol. The topological polar surface area (TPSA) is 62.4 Å². The summed E-state index contributed by atoms with van der Waals surface area (Å²) in [7, 11) is 0. The number of amides is 1. The van der Waals surface area contributed by atoms with Gasteiger partial charge in [-0.25, -0.2) is 4.79 Å². The second kappa shape index (κ2) is 8.55. The molecule has 0 saturated carbocycles. The first-order valence-corrected chi connectivity index (χ1v) is 10.6. The number of nitrogens with zero attached hydrogens (tertiary/aromatic N) is 1. The van der Waals surface area contributed by atoms with Crippen molar-refractivity contribution in [1.82, 2.24) is 9.88 Å². The summed E-state index contributed by atoms with van der Waals surface area (Å²) in [4.78, 5) is 31.1. The predicted octanol–water partition coefficient (Wildman–Crippen LogP) is 5.34. The molecule has 3 aromatic carbocycles. The van der Waals surface area contributed by atoms with Gasteiger partial charge in [0, 0.05) is 29.6 Å². The van der Waals surface area contributed by atoms with Gasteiger partial charge in [0.05, 0.1) is 5.70 Å². The van der Waals surface area contributed by atoms with E-state index in [0.29, 0.717) is 12.1 Å². The number of hydrogen-bond donors (Lipinski definition) is 1. The number of nitrogens with one attached hydrogen (secondary N) is 1. The van der Waals surface area contributed by atoms with E-state index in [1.807, 2.05) is 91.1 Å².